The zero-order valence-electron chi connectivity index (χ0n) is 17.7. The number of nitrogens with two attached hydrogens (primary N) is 1. The average Bonchev–Trinajstić information content (AvgIpc) is 2.72. The van der Waals surface area contributed by atoms with Crippen LogP contribution in [-0.4, -0.2) is 11.3 Å². The Balaban J connectivity index is 1.86. The van der Waals surface area contributed by atoms with Gasteiger partial charge in [0, 0.05) is 11.0 Å². The van der Waals surface area contributed by atoms with Crippen molar-refractivity contribution < 1.29 is 0 Å². The second kappa shape index (κ2) is 9.00. The summed E-state index contributed by atoms with van der Waals surface area (Å²) in [5.74, 6) is 0. The van der Waals surface area contributed by atoms with Crippen molar-refractivity contribution >= 4 is 18.9 Å². The molecule has 0 atom stereocenters. The fraction of sp³-hybridized carbons (Fsp3) is 0.538. The Hall–Kier alpha value is -1.33. The van der Waals surface area contributed by atoms with E-state index in [1.54, 1.807) is 5.30 Å². The second-order valence-corrected chi connectivity index (χ2v) is 11.7. The SMILES string of the molecule is Cc1cccc(C)c1-c1cccc(N)c1P(C1CCCCC1)C1CCCCC1. The highest BCUT2D eigenvalue weighted by molar-refractivity contribution is 7.67. The van der Waals surface area contributed by atoms with Crippen LogP contribution < -0.4 is 11.0 Å². The largest absolute Gasteiger partial charge is 0.398 e. The van der Waals surface area contributed by atoms with Gasteiger partial charge in [-0.15, -0.1) is 0 Å². The van der Waals surface area contributed by atoms with Crippen LogP contribution in [0.5, 0.6) is 0 Å². The number of benzene rings is 2. The molecule has 2 aromatic carbocycles. The lowest BCUT2D eigenvalue weighted by Crippen LogP contribution is -2.28. The Morgan fingerprint density at radius 1 is 0.714 bits per heavy atom. The molecular formula is C26H36NP. The van der Waals surface area contributed by atoms with Crippen LogP contribution >= 0.6 is 7.92 Å². The van der Waals surface area contributed by atoms with Gasteiger partial charge >= 0.3 is 0 Å². The van der Waals surface area contributed by atoms with Crippen molar-refractivity contribution in [3.63, 3.8) is 0 Å². The van der Waals surface area contributed by atoms with Gasteiger partial charge in [-0.1, -0.05) is 76.8 Å². The fourth-order valence-electron chi connectivity index (χ4n) is 5.67. The Morgan fingerprint density at radius 3 is 1.75 bits per heavy atom. The monoisotopic (exact) mass is 393 g/mol. The molecule has 2 saturated carbocycles. The molecule has 0 aliphatic heterocycles. The third-order valence-corrected chi connectivity index (χ3v) is 10.6. The average molecular weight is 394 g/mol. The van der Waals surface area contributed by atoms with E-state index in [1.807, 2.05) is 0 Å². The minimum absolute atomic E-state index is 0.207. The van der Waals surface area contributed by atoms with E-state index in [0.29, 0.717) is 0 Å². The van der Waals surface area contributed by atoms with Gasteiger partial charge in [-0.25, -0.2) is 0 Å². The van der Waals surface area contributed by atoms with E-state index in [0.717, 1.165) is 17.0 Å². The molecule has 150 valence electrons. The van der Waals surface area contributed by atoms with E-state index < -0.39 is 0 Å². The van der Waals surface area contributed by atoms with Crippen molar-refractivity contribution in [1.29, 1.82) is 0 Å². The summed E-state index contributed by atoms with van der Waals surface area (Å²) in [4.78, 5) is 0. The van der Waals surface area contributed by atoms with Gasteiger partial charge in [-0.3, -0.25) is 0 Å². The molecule has 0 bridgehead atoms. The van der Waals surface area contributed by atoms with Crippen molar-refractivity contribution in [3.05, 3.63) is 47.5 Å². The molecule has 0 radical (unpaired) electrons. The summed E-state index contributed by atoms with van der Waals surface area (Å²) in [6.45, 7) is 4.53. The van der Waals surface area contributed by atoms with Gasteiger partial charge in [0.25, 0.3) is 0 Å². The first-order chi connectivity index (χ1) is 13.7. The molecule has 28 heavy (non-hydrogen) atoms. The summed E-state index contributed by atoms with van der Waals surface area (Å²) in [5.41, 5.74) is 15.2. The lowest BCUT2D eigenvalue weighted by Gasteiger charge is -2.40. The van der Waals surface area contributed by atoms with Crippen LogP contribution in [0.4, 0.5) is 5.69 Å². The summed E-state index contributed by atoms with van der Waals surface area (Å²) in [6, 6.07) is 13.4. The quantitative estimate of drug-likeness (QED) is 0.427. The third kappa shape index (κ3) is 4.02. The first kappa shape index (κ1) is 20.0. The zero-order valence-corrected chi connectivity index (χ0v) is 18.6. The predicted molar refractivity (Wildman–Crippen MR) is 126 cm³/mol. The van der Waals surface area contributed by atoms with Gasteiger partial charge in [-0.2, -0.15) is 0 Å². The van der Waals surface area contributed by atoms with Crippen LogP contribution in [0.25, 0.3) is 11.1 Å². The van der Waals surface area contributed by atoms with Crippen molar-refractivity contribution in [1.82, 2.24) is 0 Å². The van der Waals surface area contributed by atoms with Gasteiger partial charge in [-0.05, 0) is 79.2 Å². The smallest absolute Gasteiger partial charge is 0.0398 e. The fourth-order valence-corrected chi connectivity index (χ4v) is 9.68. The van der Waals surface area contributed by atoms with Crippen LogP contribution in [0.1, 0.15) is 75.3 Å². The van der Waals surface area contributed by atoms with Crippen molar-refractivity contribution in [2.45, 2.75) is 89.4 Å². The van der Waals surface area contributed by atoms with Crippen molar-refractivity contribution in [3.8, 4) is 11.1 Å². The molecule has 2 aliphatic rings. The topological polar surface area (TPSA) is 26.0 Å². The molecule has 2 aromatic rings. The lowest BCUT2D eigenvalue weighted by atomic mass is 9.95. The Labute approximate surface area is 172 Å². The molecule has 2 fully saturated rings. The maximum Gasteiger partial charge on any atom is 0.0398 e. The first-order valence-electron chi connectivity index (χ1n) is 11.4. The summed E-state index contributed by atoms with van der Waals surface area (Å²) in [6.07, 6.45) is 14.2. The van der Waals surface area contributed by atoms with E-state index >= 15 is 0 Å². The molecule has 2 aliphatic carbocycles. The third-order valence-electron chi connectivity index (χ3n) is 7.01. The summed E-state index contributed by atoms with van der Waals surface area (Å²) in [7, 11) is -0.207. The first-order valence-corrected chi connectivity index (χ1v) is 12.9. The van der Waals surface area contributed by atoms with E-state index in [4.69, 9.17) is 5.73 Å². The molecule has 2 heteroatoms. The van der Waals surface area contributed by atoms with E-state index in [1.165, 1.54) is 86.5 Å². The maximum absolute atomic E-state index is 6.79. The number of anilines is 1. The number of aryl methyl sites for hydroxylation is 2. The Morgan fingerprint density at radius 2 is 1.21 bits per heavy atom. The molecular weight excluding hydrogens is 357 g/mol. The highest BCUT2D eigenvalue weighted by atomic mass is 31.1. The highest BCUT2D eigenvalue weighted by Crippen LogP contribution is 2.57. The Bertz CT molecular complexity index is 762. The molecule has 0 saturated heterocycles. The molecule has 4 rings (SSSR count). The lowest BCUT2D eigenvalue weighted by molar-refractivity contribution is 0.487. The summed E-state index contributed by atoms with van der Waals surface area (Å²) < 4.78 is 0. The van der Waals surface area contributed by atoms with E-state index in [2.05, 4.69) is 50.2 Å². The predicted octanol–water partition coefficient (Wildman–Crippen LogP) is 7.33. The highest BCUT2D eigenvalue weighted by Gasteiger charge is 2.35. The van der Waals surface area contributed by atoms with Crippen molar-refractivity contribution in [2.24, 2.45) is 0 Å². The molecule has 0 spiro atoms. The molecule has 0 aromatic heterocycles. The second-order valence-electron chi connectivity index (χ2n) is 9.00. The Kier molecular flexibility index (Phi) is 6.42. The summed E-state index contributed by atoms with van der Waals surface area (Å²) in [5, 5.41) is 1.55. The molecule has 2 N–H and O–H groups in total. The van der Waals surface area contributed by atoms with Gasteiger partial charge in [0.05, 0.1) is 0 Å². The van der Waals surface area contributed by atoms with Crippen LogP contribution in [0.15, 0.2) is 36.4 Å². The minimum atomic E-state index is -0.207. The number of rotatable bonds is 4. The number of nitrogen functional groups attached to an aromatic ring is 1. The van der Waals surface area contributed by atoms with Crippen molar-refractivity contribution in [2.75, 3.05) is 5.73 Å². The minimum Gasteiger partial charge on any atom is -0.398 e. The summed E-state index contributed by atoms with van der Waals surface area (Å²) >= 11 is 0. The maximum atomic E-state index is 6.79. The van der Waals surface area contributed by atoms with Crippen LogP contribution in [-0.2, 0) is 0 Å². The molecule has 0 amide bonds. The molecule has 0 unspecified atom stereocenters. The van der Waals surface area contributed by atoms with Gasteiger partial charge < -0.3 is 5.73 Å². The molecule has 1 nitrogen and oxygen atoms in total. The number of hydrogen-bond acceptors (Lipinski definition) is 1. The van der Waals surface area contributed by atoms with Gasteiger partial charge in [0.1, 0.15) is 0 Å². The van der Waals surface area contributed by atoms with E-state index in [-0.39, 0.29) is 7.92 Å². The van der Waals surface area contributed by atoms with E-state index in [9.17, 15) is 0 Å². The molecule has 0 heterocycles. The standard InChI is InChI=1S/C26H36NP/c1-19-11-9-12-20(2)25(19)23-17-10-18-24(27)26(23)28(21-13-5-3-6-14-21)22-15-7-4-8-16-22/h9-12,17-18,21-22H,3-8,13-16,27H2,1-2H3. The van der Waals surface area contributed by atoms with Gasteiger partial charge in [0.15, 0.2) is 0 Å². The normalized spacial score (nSPS) is 19.2. The number of hydrogen-bond donors (Lipinski definition) is 1. The van der Waals surface area contributed by atoms with Crippen LogP contribution in [0.2, 0.25) is 0 Å². The van der Waals surface area contributed by atoms with Crippen LogP contribution in [0.3, 0.4) is 0 Å². The zero-order chi connectivity index (χ0) is 19.5. The van der Waals surface area contributed by atoms with Gasteiger partial charge in [0.2, 0.25) is 0 Å². The van der Waals surface area contributed by atoms with Crippen LogP contribution in [0, 0.1) is 13.8 Å².